The van der Waals surface area contributed by atoms with Crippen molar-refractivity contribution in [2.75, 3.05) is 32.8 Å². The molecule has 0 unspecified atom stereocenters. The van der Waals surface area contributed by atoms with E-state index in [1.165, 1.54) is 6.07 Å². The van der Waals surface area contributed by atoms with E-state index in [2.05, 4.69) is 0 Å². The van der Waals surface area contributed by atoms with Gasteiger partial charge in [0.15, 0.2) is 0 Å². The summed E-state index contributed by atoms with van der Waals surface area (Å²) >= 11 is 0. The summed E-state index contributed by atoms with van der Waals surface area (Å²) in [5, 5.41) is 0. The van der Waals surface area contributed by atoms with Gasteiger partial charge in [-0.3, -0.25) is 9.59 Å². The van der Waals surface area contributed by atoms with Gasteiger partial charge in [0.2, 0.25) is 5.91 Å². The molecule has 3 heterocycles. The maximum absolute atomic E-state index is 14.3. The number of fused-ring (bicyclic) bond motifs is 1. The summed E-state index contributed by atoms with van der Waals surface area (Å²) in [7, 11) is 0. The van der Waals surface area contributed by atoms with E-state index in [1.54, 1.807) is 24.3 Å². The highest BCUT2D eigenvalue weighted by Gasteiger charge is 2.40. The predicted octanol–water partition coefficient (Wildman–Crippen LogP) is 4.37. The van der Waals surface area contributed by atoms with Crippen LogP contribution in [-0.2, 0) is 9.53 Å². The number of ether oxygens (including phenoxy) is 1. The van der Waals surface area contributed by atoms with Crippen molar-refractivity contribution in [1.29, 1.82) is 0 Å². The number of hydrogen-bond acceptors (Lipinski definition) is 3. The zero-order valence-corrected chi connectivity index (χ0v) is 18.9. The van der Waals surface area contributed by atoms with Crippen molar-refractivity contribution < 1.29 is 18.7 Å². The van der Waals surface area contributed by atoms with Gasteiger partial charge in [-0.25, -0.2) is 4.39 Å². The van der Waals surface area contributed by atoms with Crippen molar-refractivity contribution in [1.82, 2.24) is 9.80 Å². The summed E-state index contributed by atoms with van der Waals surface area (Å²) in [5.74, 6) is 0.374. The summed E-state index contributed by atoms with van der Waals surface area (Å²) in [4.78, 5) is 30.6. The molecule has 0 saturated carbocycles. The molecule has 0 aromatic heterocycles. The Morgan fingerprint density at radius 2 is 1.76 bits per heavy atom. The Morgan fingerprint density at radius 3 is 2.58 bits per heavy atom. The van der Waals surface area contributed by atoms with E-state index in [9.17, 15) is 14.0 Å². The zero-order chi connectivity index (χ0) is 22.8. The van der Waals surface area contributed by atoms with Crippen molar-refractivity contribution in [3.8, 4) is 11.1 Å². The second kappa shape index (κ2) is 9.64. The molecule has 5 nitrogen and oxygen atoms in total. The fraction of sp³-hybridized carbons (Fsp3) is 0.481. The van der Waals surface area contributed by atoms with Crippen LogP contribution in [0.4, 0.5) is 4.39 Å². The van der Waals surface area contributed by atoms with Gasteiger partial charge >= 0.3 is 0 Å². The first kappa shape index (κ1) is 22.1. The van der Waals surface area contributed by atoms with Gasteiger partial charge in [-0.2, -0.15) is 0 Å². The first-order chi connectivity index (χ1) is 16.1. The lowest BCUT2D eigenvalue weighted by Crippen LogP contribution is -2.57. The monoisotopic (exact) mass is 450 g/mol. The molecule has 33 heavy (non-hydrogen) atoms. The Hall–Kier alpha value is -2.73. The van der Waals surface area contributed by atoms with E-state index in [0.29, 0.717) is 42.4 Å². The highest BCUT2D eigenvalue weighted by Crippen LogP contribution is 2.33. The molecule has 3 saturated heterocycles. The summed E-state index contributed by atoms with van der Waals surface area (Å²) < 4.78 is 19.7. The van der Waals surface area contributed by atoms with E-state index in [0.717, 1.165) is 45.2 Å². The molecule has 2 aromatic carbocycles. The number of carbonyl (C=O) groups excluding carboxylic acids is 2. The van der Waals surface area contributed by atoms with E-state index >= 15 is 0 Å². The number of piperidine rings is 2. The second-order valence-corrected chi connectivity index (χ2v) is 9.49. The van der Waals surface area contributed by atoms with Gasteiger partial charge in [0.05, 0.1) is 0 Å². The molecule has 6 heteroatoms. The van der Waals surface area contributed by atoms with Gasteiger partial charge < -0.3 is 14.5 Å². The SMILES string of the molecule is O=C(C1CCOCC1)N1CC[C@H]2[C@H](CCCN2C(=O)c2cccc(-c3ccccc3F)c2)C1. The van der Waals surface area contributed by atoms with E-state index in [4.69, 9.17) is 4.74 Å². The van der Waals surface area contributed by atoms with Crippen LogP contribution in [0.25, 0.3) is 11.1 Å². The number of benzene rings is 2. The first-order valence-corrected chi connectivity index (χ1v) is 12.1. The van der Waals surface area contributed by atoms with Crippen molar-refractivity contribution in [2.45, 2.75) is 38.1 Å². The van der Waals surface area contributed by atoms with Crippen LogP contribution in [0.2, 0.25) is 0 Å². The molecule has 0 bridgehead atoms. The van der Waals surface area contributed by atoms with Gasteiger partial charge in [0, 0.05) is 55.9 Å². The summed E-state index contributed by atoms with van der Waals surface area (Å²) in [5.41, 5.74) is 1.81. The Kier molecular flexibility index (Phi) is 6.45. The van der Waals surface area contributed by atoms with Crippen LogP contribution < -0.4 is 0 Å². The molecule has 5 rings (SSSR count). The van der Waals surface area contributed by atoms with Crippen LogP contribution in [0.15, 0.2) is 48.5 Å². The minimum atomic E-state index is -0.290. The lowest BCUT2D eigenvalue weighted by molar-refractivity contribution is -0.141. The third kappa shape index (κ3) is 4.54. The van der Waals surface area contributed by atoms with Gasteiger partial charge in [-0.05, 0) is 61.8 Å². The average Bonchev–Trinajstić information content (AvgIpc) is 2.88. The van der Waals surface area contributed by atoms with Crippen LogP contribution in [0.3, 0.4) is 0 Å². The van der Waals surface area contributed by atoms with Crippen LogP contribution in [0.5, 0.6) is 0 Å². The number of likely N-dealkylation sites (tertiary alicyclic amines) is 2. The molecule has 3 aliphatic heterocycles. The normalized spacial score (nSPS) is 23.8. The number of amides is 2. The van der Waals surface area contributed by atoms with Crippen molar-refractivity contribution in [2.24, 2.45) is 11.8 Å². The minimum absolute atomic E-state index is 0.00657. The summed E-state index contributed by atoms with van der Waals surface area (Å²) in [6, 6.07) is 14.1. The molecule has 2 atom stereocenters. The number of rotatable bonds is 3. The quantitative estimate of drug-likeness (QED) is 0.698. The lowest BCUT2D eigenvalue weighted by Gasteiger charge is -2.48. The molecule has 174 valence electrons. The topological polar surface area (TPSA) is 49.9 Å². The van der Waals surface area contributed by atoms with Gasteiger partial charge in [-0.15, -0.1) is 0 Å². The molecule has 3 fully saturated rings. The van der Waals surface area contributed by atoms with Crippen LogP contribution in [-0.4, -0.2) is 60.5 Å². The number of carbonyl (C=O) groups is 2. The van der Waals surface area contributed by atoms with Gasteiger partial charge in [0.1, 0.15) is 5.82 Å². The molecule has 3 aliphatic rings. The van der Waals surface area contributed by atoms with Crippen LogP contribution in [0.1, 0.15) is 42.5 Å². The van der Waals surface area contributed by atoms with Crippen LogP contribution in [0, 0.1) is 17.7 Å². The third-order valence-electron chi connectivity index (χ3n) is 7.51. The molecule has 2 amide bonds. The summed E-state index contributed by atoms with van der Waals surface area (Å²) in [6.07, 6.45) is 4.43. The molecule has 0 aliphatic carbocycles. The maximum atomic E-state index is 14.3. The molecule has 0 spiro atoms. The van der Waals surface area contributed by atoms with Gasteiger partial charge in [-0.1, -0.05) is 30.3 Å². The predicted molar refractivity (Wildman–Crippen MR) is 124 cm³/mol. The summed E-state index contributed by atoms with van der Waals surface area (Å²) in [6.45, 7) is 3.52. The third-order valence-corrected chi connectivity index (χ3v) is 7.51. The lowest BCUT2D eigenvalue weighted by atomic mass is 9.82. The highest BCUT2D eigenvalue weighted by molar-refractivity contribution is 5.96. The second-order valence-electron chi connectivity index (χ2n) is 9.49. The van der Waals surface area contributed by atoms with Crippen LogP contribution >= 0.6 is 0 Å². The fourth-order valence-corrected chi connectivity index (χ4v) is 5.74. The molecule has 0 N–H and O–H groups in total. The molecule has 0 radical (unpaired) electrons. The highest BCUT2D eigenvalue weighted by atomic mass is 19.1. The number of nitrogens with zero attached hydrogens (tertiary/aromatic N) is 2. The Balaban J connectivity index is 1.30. The van der Waals surface area contributed by atoms with E-state index < -0.39 is 0 Å². The molecular weight excluding hydrogens is 419 g/mol. The Morgan fingerprint density at radius 1 is 0.939 bits per heavy atom. The Labute approximate surface area is 194 Å². The van der Waals surface area contributed by atoms with Gasteiger partial charge in [0.25, 0.3) is 5.91 Å². The Bertz CT molecular complexity index is 1020. The average molecular weight is 451 g/mol. The number of hydrogen-bond donors (Lipinski definition) is 0. The molecular formula is C27H31FN2O3. The van der Waals surface area contributed by atoms with Crippen molar-refractivity contribution in [3.05, 3.63) is 59.9 Å². The van der Waals surface area contributed by atoms with Crippen molar-refractivity contribution >= 4 is 11.8 Å². The van der Waals surface area contributed by atoms with Crippen molar-refractivity contribution in [3.63, 3.8) is 0 Å². The first-order valence-electron chi connectivity index (χ1n) is 12.1. The number of halogens is 1. The van der Waals surface area contributed by atoms with E-state index in [1.807, 2.05) is 28.0 Å². The molecule has 2 aromatic rings. The fourth-order valence-electron chi connectivity index (χ4n) is 5.74. The largest absolute Gasteiger partial charge is 0.381 e. The smallest absolute Gasteiger partial charge is 0.254 e. The van der Waals surface area contributed by atoms with E-state index in [-0.39, 0.29) is 29.6 Å². The zero-order valence-electron chi connectivity index (χ0n) is 18.9. The maximum Gasteiger partial charge on any atom is 0.254 e. The standard InChI is InChI=1S/C27H31FN2O3/c28-24-9-2-1-8-23(24)20-5-3-6-21(17-20)27(32)30-13-4-7-22-18-29(14-10-25(22)30)26(31)19-11-15-33-16-12-19/h1-3,5-6,8-9,17,19,22,25H,4,7,10-16,18H2/t22-,25+/m1/s1. The minimum Gasteiger partial charge on any atom is -0.381 e.